The third-order valence-corrected chi connectivity index (χ3v) is 5.19. The Bertz CT molecular complexity index is 790. The maximum atomic E-state index is 11.7. The molecule has 3 rings (SSSR count). The smallest absolute Gasteiger partial charge is 0.338 e. The van der Waals surface area contributed by atoms with Crippen molar-refractivity contribution in [3.8, 4) is 11.5 Å². The Hall–Kier alpha value is -2.57. The van der Waals surface area contributed by atoms with E-state index in [1.807, 2.05) is 19.1 Å². The molecule has 0 aliphatic carbocycles. The lowest BCUT2D eigenvalue weighted by Crippen LogP contribution is -2.35. The summed E-state index contributed by atoms with van der Waals surface area (Å²) in [4.78, 5) is 14.0. The van der Waals surface area contributed by atoms with Gasteiger partial charge in [0.05, 0.1) is 18.8 Å². The average molecular weight is 414 g/mol. The van der Waals surface area contributed by atoms with E-state index in [0.717, 1.165) is 25.1 Å². The highest BCUT2D eigenvalue weighted by Crippen LogP contribution is 2.32. The van der Waals surface area contributed by atoms with Crippen LogP contribution in [0.2, 0.25) is 0 Å². The van der Waals surface area contributed by atoms with Gasteiger partial charge in [0.15, 0.2) is 0 Å². The Morgan fingerprint density at radius 3 is 2.37 bits per heavy atom. The molecule has 162 valence electrons. The molecule has 0 spiro atoms. The molecule has 0 amide bonds. The van der Waals surface area contributed by atoms with Crippen LogP contribution in [0.5, 0.6) is 11.5 Å². The second kappa shape index (κ2) is 11.0. The summed E-state index contributed by atoms with van der Waals surface area (Å²) in [7, 11) is 0. The van der Waals surface area contributed by atoms with Crippen molar-refractivity contribution in [2.24, 2.45) is 0 Å². The quantitative estimate of drug-likeness (QED) is 0.597. The zero-order valence-corrected chi connectivity index (χ0v) is 17.8. The van der Waals surface area contributed by atoms with Crippen molar-refractivity contribution in [2.75, 3.05) is 32.9 Å². The van der Waals surface area contributed by atoms with E-state index < -0.39 is 6.10 Å². The molecule has 2 unspecified atom stereocenters. The van der Waals surface area contributed by atoms with E-state index in [4.69, 9.17) is 14.2 Å². The van der Waals surface area contributed by atoms with Crippen LogP contribution in [0.25, 0.3) is 0 Å². The summed E-state index contributed by atoms with van der Waals surface area (Å²) in [5, 5.41) is 10.5. The van der Waals surface area contributed by atoms with Gasteiger partial charge >= 0.3 is 5.97 Å². The van der Waals surface area contributed by atoms with Crippen molar-refractivity contribution in [2.45, 2.75) is 38.8 Å². The second-order valence-electron chi connectivity index (χ2n) is 7.36. The summed E-state index contributed by atoms with van der Waals surface area (Å²) in [6.07, 6.45) is 1.59. The molecule has 2 aromatic rings. The lowest BCUT2D eigenvalue weighted by Gasteiger charge is -2.27. The Labute approximate surface area is 178 Å². The second-order valence-corrected chi connectivity index (χ2v) is 7.36. The van der Waals surface area contributed by atoms with Gasteiger partial charge in [0.2, 0.25) is 0 Å². The van der Waals surface area contributed by atoms with Crippen LogP contribution in [0, 0.1) is 0 Å². The highest BCUT2D eigenvalue weighted by atomic mass is 16.5. The summed E-state index contributed by atoms with van der Waals surface area (Å²) in [5.41, 5.74) is 1.73. The van der Waals surface area contributed by atoms with E-state index in [9.17, 15) is 9.90 Å². The number of nitrogens with zero attached hydrogens (tertiary/aromatic N) is 1. The van der Waals surface area contributed by atoms with Crippen LogP contribution in [0.1, 0.15) is 48.7 Å². The fraction of sp³-hybridized carbons (Fsp3) is 0.458. The molecule has 1 saturated heterocycles. The molecule has 2 aromatic carbocycles. The Morgan fingerprint density at radius 1 is 1.03 bits per heavy atom. The van der Waals surface area contributed by atoms with Gasteiger partial charge in [-0.25, -0.2) is 4.79 Å². The minimum Gasteiger partial charge on any atom is -0.494 e. The van der Waals surface area contributed by atoms with Crippen molar-refractivity contribution in [3.05, 3.63) is 59.7 Å². The monoisotopic (exact) mass is 413 g/mol. The van der Waals surface area contributed by atoms with Crippen molar-refractivity contribution in [1.82, 2.24) is 4.90 Å². The first kappa shape index (κ1) is 22.1. The van der Waals surface area contributed by atoms with Gasteiger partial charge in [-0.2, -0.15) is 0 Å². The van der Waals surface area contributed by atoms with E-state index >= 15 is 0 Å². The number of aliphatic hydroxyl groups excluding tert-OH is 1. The first-order chi connectivity index (χ1) is 14.6. The fourth-order valence-corrected chi connectivity index (χ4v) is 3.79. The van der Waals surface area contributed by atoms with E-state index in [1.54, 1.807) is 31.2 Å². The molecular formula is C24H31NO5. The largest absolute Gasteiger partial charge is 0.494 e. The van der Waals surface area contributed by atoms with Crippen molar-refractivity contribution < 1.29 is 24.1 Å². The molecule has 0 radical (unpaired) electrons. The van der Waals surface area contributed by atoms with E-state index in [2.05, 4.69) is 17.0 Å². The Balaban J connectivity index is 1.50. The summed E-state index contributed by atoms with van der Waals surface area (Å²) >= 11 is 0. The van der Waals surface area contributed by atoms with Crippen LogP contribution in [-0.4, -0.2) is 55.0 Å². The molecule has 1 aliphatic heterocycles. The number of hydrogen-bond donors (Lipinski definition) is 1. The summed E-state index contributed by atoms with van der Waals surface area (Å²) in [5.74, 6) is 1.15. The number of hydrogen-bond acceptors (Lipinski definition) is 6. The molecule has 2 atom stereocenters. The van der Waals surface area contributed by atoms with Crippen LogP contribution >= 0.6 is 0 Å². The van der Waals surface area contributed by atoms with Crippen LogP contribution in [0.3, 0.4) is 0 Å². The first-order valence-electron chi connectivity index (χ1n) is 10.7. The van der Waals surface area contributed by atoms with E-state index in [0.29, 0.717) is 37.1 Å². The van der Waals surface area contributed by atoms with E-state index in [1.165, 1.54) is 5.56 Å². The van der Waals surface area contributed by atoms with Crippen LogP contribution in [-0.2, 0) is 4.74 Å². The number of β-amino-alcohol motifs (C(OH)–C–C–N with tert-alkyl or cyclic N) is 1. The van der Waals surface area contributed by atoms with Gasteiger partial charge in [-0.05, 0) is 75.2 Å². The summed E-state index contributed by atoms with van der Waals surface area (Å²) in [6, 6.07) is 15.3. The number of aliphatic hydroxyl groups is 1. The third-order valence-electron chi connectivity index (χ3n) is 5.19. The van der Waals surface area contributed by atoms with Gasteiger partial charge in [-0.15, -0.1) is 0 Å². The Morgan fingerprint density at radius 2 is 1.70 bits per heavy atom. The SMILES string of the molecule is CCOC(=O)c1ccc(OCC(O)CN2CCCC2c2ccc(OCC)cc2)cc1. The normalized spacial score (nSPS) is 17.5. The van der Waals surface area contributed by atoms with Crippen molar-refractivity contribution >= 4 is 5.97 Å². The average Bonchev–Trinajstić information content (AvgIpc) is 3.21. The van der Waals surface area contributed by atoms with Gasteiger partial charge in [0.25, 0.3) is 0 Å². The maximum Gasteiger partial charge on any atom is 0.338 e. The number of esters is 1. The van der Waals surface area contributed by atoms with Gasteiger partial charge in [0, 0.05) is 12.6 Å². The number of ether oxygens (including phenoxy) is 3. The zero-order chi connectivity index (χ0) is 21.3. The molecule has 6 heteroatoms. The lowest BCUT2D eigenvalue weighted by molar-refractivity contribution is 0.0525. The van der Waals surface area contributed by atoms with Crippen LogP contribution in [0.15, 0.2) is 48.5 Å². The summed E-state index contributed by atoms with van der Waals surface area (Å²) in [6.45, 7) is 6.47. The molecular weight excluding hydrogens is 382 g/mol. The predicted octanol–water partition coefficient (Wildman–Crippen LogP) is 3.84. The lowest BCUT2D eigenvalue weighted by atomic mass is 10.0. The molecule has 1 heterocycles. The number of carbonyl (C=O) groups is 1. The maximum absolute atomic E-state index is 11.7. The molecule has 0 aromatic heterocycles. The molecule has 1 N–H and O–H groups in total. The van der Waals surface area contributed by atoms with Crippen molar-refractivity contribution in [3.63, 3.8) is 0 Å². The van der Waals surface area contributed by atoms with Crippen LogP contribution in [0.4, 0.5) is 0 Å². The Kier molecular flexibility index (Phi) is 8.11. The molecule has 1 fully saturated rings. The highest BCUT2D eigenvalue weighted by molar-refractivity contribution is 5.89. The molecule has 6 nitrogen and oxygen atoms in total. The minimum atomic E-state index is -0.599. The molecule has 30 heavy (non-hydrogen) atoms. The standard InChI is InChI=1S/C24H31NO5/c1-3-28-21-11-7-18(8-12-21)23-6-5-15-25(23)16-20(26)17-30-22-13-9-19(10-14-22)24(27)29-4-2/h7-14,20,23,26H,3-6,15-17H2,1-2H3. The zero-order valence-electron chi connectivity index (χ0n) is 17.8. The van der Waals surface area contributed by atoms with Crippen molar-refractivity contribution in [1.29, 1.82) is 0 Å². The van der Waals surface area contributed by atoms with Gasteiger partial charge in [-0.1, -0.05) is 12.1 Å². The van der Waals surface area contributed by atoms with Crippen LogP contribution < -0.4 is 9.47 Å². The number of benzene rings is 2. The highest BCUT2D eigenvalue weighted by Gasteiger charge is 2.27. The number of rotatable bonds is 10. The van der Waals surface area contributed by atoms with E-state index in [-0.39, 0.29) is 12.6 Å². The summed E-state index contributed by atoms with van der Waals surface area (Å²) < 4.78 is 16.2. The minimum absolute atomic E-state index is 0.200. The number of likely N-dealkylation sites (tertiary alicyclic amines) is 1. The van der Waals surface area contributed by atoms with Gasteiger partial charge in [0.1, 0.15) is 24.2 Å². The third kappa shape index (κ3) is 5.97. The molecule has 0 saturated carbocycles. The molecule has 1 aliphatic rings. The van der Waals surface area contributed by atoms with Gasteiger partial charge < -0.3 is 19.3 Å². The van der Waals surface area contributed by atoms with Gasteiger partial charge in [-0.3, -0.25) is 4.90 Å². The topological polar surface area (TPSA) is 68.2 Å². The number of carbonyl (C=O) groups excluding carboxylic acids is 1. The predicted molar refractivity (Wildman–Crippen MR) is 115 cm³/mol. The fourth-order valence-electron chi connectivity index (χ4n) is 3.79. The molecule has 0 bridgehead atoms. The first-order valence-corrected chi connectivity index (χ1v) is 10.7.